The normalized spacial score (nSPS) is 21.9. The first-order valence-electron chi connectivity index (χ1n) is 3.62. The molecule has 0 saturated carbocycles. The number of hydrogen-bond acceptors (Lipinski definition) is 3. The Morgan fingerprint density at radius 3 is 2.80 bits per heavy atom. The zero-order valence-electron chi connectivity index (χ0n) is 6.59. The number of rotatable bonds is 2. The van der Waals surface area contributed by atoms with Gasteiger partial charge in [-0.05, 0) is 13.6 Å². The van der Waals surface area contributed by atoms with Crippen LogP contribution in [0.2, 0.25) is 0 Å². The van der Waals surface area contributed by atoms with E-state index in [9.17, 15) is 0 Å². The molecule has 0 bridgehead atoms. The van der Waals surface area contributed by atoms with Gasteiger partial charge in [-0.1, -0.05) is 6.92 Å². The highest BCUT2D eigenvalue weighted by molar-refractivity contribution is 4.77. The summed E-state index contributed by atoms with van der Waals surface area (Å²) in [5.74, 6) is 0. The van der Waals surface area contributed by atoms with Crippen LogP contribution in [0.15, 0.2) is 0 Å². The van der Waals surface area contributed by atoms with Crippen molar-refractivity contribution in [2.45, 2.75) is 6.92 Å². The first-order valence-corrected chi connectivity index (χ1v) is 3.62. The molecule has 0 atom stereocenters. The molecule has 0 aromatic heterocycles. The second-order valence-corrected chi connectivity index (χ2v) is 2.31. The van der Waals surface area contributed by atoms with Crippen LogP contribution in [0.1, 0.15) is 6.92 Å². The van der Waals surface area contributed by atoms with E-state index in [1.54, 1.807) is 0 Å². The van der Waals surface area contributed by atoms with Crippen LogP contribution in [-0.2, 0) is 9.47 Å². The maximum atomic E-state index is 5.35. The molecule has 1 aliphatic rings. The fourth-order valence-electron chi connectivity index (χ4n) is 0.816. The van der Waals surface area contributed by atoms with Gasteiger partial charge in [0.15, 0.2) is 6.23 Å². The van der Waals surface area contributed by atoms with Crippen molar-refractivity contribution in [3.8, 4) is 0 Å². The summed E-state index contributed by atoms with van der Waals surface area (Å²) in [6.07, 6.45) is 0.953. The molecule has 1 fully saturated rings. The quantitative estimate of drug-likeness (QED) is 0.562. The fourth-order valence-corrected chi connectivity index (χ4v) is 0.816. The third kappa shape index (κ3) is 1.94. The van der Waals surface area contributed by atoms with Crippen molar-refractivity contribution in [1.29, 1.82) is 0 Å². The maximum absolute atomic E-state index is 5.35. The lowest BCUT2D eigenvalue weighted by molar-refractivity contribution is -0.0755. The van der Waals surface area contributed by atoms with E-state index in [1.807, 2.05) is 7.05 Å². The molecular weight excluding hydrogens is 130 g/mol. The van der Waals surface area contributed by atoms with Crippen molar-refractivity contribution >= 4 is 0 Å². The summed E-state index contributed by atoms with van der Waals surface area (Å²) in [6.45, 7) is 5.11. The summed E-state index contributed by atoms with van der Waals surface area (Å²) < 4.78 is 10.5. The smallest absolute Gasteiger partial charge is 0.190 e. The SMILES string of the molecule is CCN(C)[C]1COCCO1. The van der Waals surface area contributed by atoms with E-state index in [0.717, 1.165) is 19.4 Å². The summed E-state index contributed by atoms with van der Waals surface area (Å²) in [5, 5.41) is 0. The van der Waals surface area contributed by atoms with Crippen molar-refractivity contribution in [1.82, 2.24) is 4.90 Å². The van der Waals surface area contributed by atoms with Crippen LogP contribution in [0.5, 0.6) is 0 Å². The van der Waals surface area contributed by atoms with Gasteiger partial charge in [0.25, 0.3) is 0 Å². The molecule has 0 unspecified atom stereocenters. The molecule has 1 heterocycles. The largest absolute Gasteiger partial charge is 0.374 e. The van der Waals surface area contributed by atoms with Gasteiger partial charge in [-0.25, -0.2) is 0 Å². The first kappa shape index (κ1) is 7.98. The lowest BCUT2D eigenvalue weighted by Gasteiger charge is -2.28. The Kier molecular flexibility index (Phi) is 3.12. The monoisotopic (exact) mass is 144 g/mol. The van der Waals surface area contributed by atoms with E-state index in [-0.39, 0.29) is 0 Å². The van der Waals surface area contributed by atoms with E-state index in [0.29, 0.717) is 13.2 Å². The van der Waals surface area contributed by atoms with E-state index in [4.69, 9.17) is 9.47 Å². The summed E-state index contributed by atoms with van der Waals surface area (Å²) in [7, 11) is 2.00. The minimum Gasteiger partial charge on any atom is -0.374 e. The van der Waals surface area contributed by atoms with Crippen molar-refractivity contribution in [2.24, 2.45) is 0 Å². The lowest BCUT2D eigenvalue weighted by atomic mass is 10.4. The molecule has 1 radical (unpaired) electrons. The van der Waals surface area contributed by atoms with Crippen LogP contribution in [0.3, 0.4) is 0 Å². The van der Waals surface area contributed by atoms with Crippen LogP contribution < -0.4 is 0 Å². The van der Waals surface area contributed by atoms with E-state index in [2.05, 4.69) is 11.8 Å². The first-order chi connectivity index (χ1) is 4.84. The Morgan fingerprint density at radius 2 is 2.30 bits per heavy atom. The predicted molar refractivity (Wildman–Crippen MR) is 38.3 cm³/mol. The van der Waals surface area contributed by atoms with E-state index >= 15 is 0 Å². The highest BCUT2D eigenvalue weighted by Gasteiger charge is 2.18. The molecule has 10 heavy (non-hydrogen) atoms. The Bertz CT molecular complexity index is 91.6. The highest BCUT2D eigenvalue weighted by Crippen LogP contribution is 2.11. The summed E-state index contributed by atoms with van der Waals surface area (Å²) in [6, 6.07) is 0. The van der Waals surface area contributed by atoms with Crippen LogP contribution in [-0.4, -0.2) is 38.3 Å². The van der Waals surface area contributed by atoms with Crippen molar-refractivity contribution in [3.63, 3.8) is 0 Å². The topological polar surface area (TPSA) is 21.7 Å². The zero-order chi connectivity index (χ0) is 7.40. The standard InChI is InChI=1S/C7H14NO2/c1-3-8(2)7-6-9-4-5-10-7/h3-6H2,1-2H3. The minimum absolute atomic E-state index is 0.629. The molecule has 0 aliphatic carbocycles. The molecule has 0 spiro atoms. The van der Waals surface area contributed by atoms with Gasteiger partial charge in [-0.3, -0.25) is 4.90 Å². The molecular formula is C7H14NO2. The second-order valence-electron chi connectivity index (χ2n) is 2.31. The number of ether oxygens (including phenoxy) is 2. The van der Waals surface area contributed by atoms with Crippen LogP contribution in [0.25, 0.3) is 0 Å². The van der Waals surface area contributed by atoms with Gasteiger partial charge in [0, 0.05) is 0 Å². The molecule has 3 nitrogen and oxygen atoms in total. The maximum Gasteiger partial charge on any atom is 0.190 e. The number of nitrogens with zero attached hydrogens (tertiary/aromatic N) is 1. The Labute approximate surface area is 61.9 Å². The lowest BCUT2D eigenvalue weighted by Crippen LogP contribution is -2.34. The van der Waals surface area contributed by atoms with Gasteiger partial charge >= 0.3 is 0 Å². The zero-order valence-corrected chi connectivity index (χ0v) is 6.59. The van der Waals surface area contributed by atoms with Gasteiger partial charge in [-0.2, -0.15) is 0 Å². The van der Waals surface area contributed by atoms with Crippen LogP contribution >= 0.6 is 0 Å². The number of likely N-dealkylation sites (N-methyl/N-ethyl adjacent to an activating group) is 1. The Hall–Kier alpha value is -0.120. The Balaban J connectivity index is 2.24. The highest BCUT2D eigenvalue weighted by atomic mass is 16.6. The average molecular weight is 144 g/mol. The number of hydrogen-bond donors (Lipinski definition) is 0. The summed E-state index contributed by atoms with van der Waals surface area (Å²) >= 11 is 0. The molecule has 1 aliphatic heterocycles. The van der Waals surface area contributed by atoms with Gasteiger partial charge in [0.1, 0.15) is 0 Å². The molecule has 3 heteroatoms. The molecule has 0 aromatic carbocycles. The van der Waals surface area contributed by atoms with Crippen molar-refractivity contribution in [3.05, 3.63) is 6.23 Å². The van der Waals surface area contributed by atoms with Crippen LogP contribution in [0, 0.1) is 6.23 Å². The molecule has 0 aromatic rings. The fraction of sp³-hybridized carbons (Fsp3) is 0.857. The summed E-state index contributed by atoms with van der Waals surface area (Å²) in [5.41, 5.74) is 0. The molecule has 1 rings (SSSR count). The Morgan fingerprint density at radius 1 is 1.50 bits per heavy atom. The van der Waals surface area contributed by atoms with E-state index < -0.39 is 0 Å². The minimum atomic E-state index is 0.629. The van der Waals surface area contributed by atoms with Gasteiger partial charge < -0.3 is 9.47 Å². The molecule has 0 amide bonds. The van der Waals surface area contributed by atoms with Gasteiger partial charge in [0.05, 0.1) is 19.8 Å². The third-order valence-electron chi connectivity index (χ3n) is 1.62. The van der Waals surface area contributed by atoms with Crippen molar-refractivity contribution < 1.29 is 9.47 Å². The summed E-state index contributed by atoms with van der Waals surface area (Å²) in [4.78, 5) is 2.05. The second kappa shape index (κ2) is 3.91. The van der Waals surface area contributed by atoms with Crippen LogP contribution in [0.4, 0.5) is 0 Å². The van der Waals surface area contributed by atoms with Crippen molar-refractivity contribution in [2.75, 3.05) is 33.4 Å². The molecule has 1 saturated heterocycles. The van der Waals surface area contributed by atoms with Gasteiger partial charge in [-0.15, -0.1) is 0 Å². The average Bonchev–Trinajstić information content (AvgIpc) is 2.05. The third-order valence-corrected chi connectivity index (χ3v) is 1.62. The van der Waals surface area contributed by atoms with E-state index in [1.165, 1.54) is 0 Å². The molecule has 0 N–H and O–H groups in total. The van der Waals surface area contributed by atoms with Gasteiger partial charge in [0.2, 0.25) is 0 Å². The molecule has 59 valence electrons. The predicted octanol–water partition coefficient (Wildman–Crippen LogP) is 0.474.